The second-order valence-corrected chi connectivity index (χ2v) is 4.88. The Morgan fingerprint density at radius 1 is 1.17 bits per heavy atom. The van der Waals surface area contributed by atoms with Crippen LogP contribution in [0, 0.1) is 0 Å². The van der Waals surface area contributed by atoms with E-state index < -0.39 is 17.9 Å². The number of ether oxygens (including phenoxy) is 2. The van der Waals surface area contributed by atoms with Gasteiger partial charge < -0.3 is 15.2 Å². The van der Waals surface area contributed by atoms with Crippen molar-refractivity contribution in [3.63, 3.8) is 0 Å². The van der Waals surface area contributed by atoms with Crippen molar-refractivity contribution in [3.8, 4) is 11.5 Å². The smallest absolute Gasteiger partial charge is 0.493 e. The van der Waals surface area contributed by atoms with Crippen molar-refractivity contribution >= 4 is 23.1 Å². The van der Waals surface area contributed by atoms with Crippen molar-refractivity contribution in [2.75, 3.05) is 12.8 Å². The summed E-state index contributed by atoms with van der Waals surface area (Å²) < 4.78 is 46.6. The summed E-state index contributed by atoms with van der Waals surface area (Å²) in [6.45, 7) is 0. The molecule has 8 heteroatoms. The van der Waals surface area contributed by atoms with Crippen LogP contribution < -0.4 is 15.2 Å². The number of rotatable bonds is 4. The van der Waals surface area contributed by atoms with Crippen LogP contribution in [0.15, 0.2) is 36.4 Å². The maximum Gasteiger partial charge on any atom is 0.573 e. The first-order valence-corrected chi connectivity index (χ1v) is 6.63. The molecule has 0 saturated heterocycles. The van der Waals surface area contributed by atoms with Crippen LogP contribution in [0.5, 0.6) is 11.5 Å². The summed E-state index contributed by atoms with van der Waals surface area (Å²) >= 11 is 5.81. The van der Waals surface area contributed by atoms with Crippen molar-refractivity contribution in [2.45, 2.75) is 6.36 Å². The summed E-state index contributed by atoms with van der Waals surface area (Å²) in [7, 11) is 1.17. The molecule has 2 aromatic rings. The molecule has 0 bridgehead atoms. The third kappa shape index (κ3) is 3.87. The van der Waals surface area contributed by atoms with Crippen molar-refractivity contribution in [2.24, 2.45) is 0 Å². The fourth-order valence-corrected chi connectivity index (χ4v) is 2.12. The Hall–Kier alpha value is -2.41. The Morgan fingerprint density at radius 2 is 1.87 bits per heavy atom. The number of carbonyl (C=O) groups is 1. The van der Waals surface area contributed by atoms with Crippen molar-refractivity contribution in [1.29, 1.82) is 0 Å². The van der Waals surface area contributed by atoms with Crippen molar-refractivity contribution < 1.29 is 27.4 Å². The number of para-hydroxylation sites is 1. The van der Waals surface area contributed by atoms with Gasteiger partial charge >= 0.3 is 6.36 Å². The molecule has 2 N–H and O–H groups in total. The van der Waals surface area contributed by atoms with Crippen LogP contribution in [0.2, 0.25) is 5.02 Å². The summed E-state index contributed by atoms with van der Waals surface area (Å²) in [5.41, 5.74) is 5.42. The van der Waals surface area contributed by atoms with Gasteiger partial charge in [-0.2, -0.15) is 0 Å². The minimum Gasteiger partial charge on any atom is -0.493 e. The molecular formula is C15H11ClF3NO3. The first kappa shape index (κ1) is 17.0. The predicted octanol–water partition coefficient (Wildman–Crippen LogP) is 4.06. The number of halogens is 4. The number of carbonyl (C=O) groups excluding carboxylic acids is 1. The molecule has 0 aliphatic heterocycles. The molecule has 23 heavy (non-hydrogen) atoms. The highest BCUT2D eigenvalue weighted by molar-refractivity contribution is 6.31. The van der Waals surface area contributed by atoms with Crippen LogP contribution in [-0.2, 0) is 0 Å². The van der Waals surface area contributed by atoms with Gasteiger partial charge in [0, 0.05) is 16.3 Å². The molecule has 0 spiro atoms. The Labute approximate surface area is 134 Å². The summed E-state index contributed by atoms with van der Waals surface area (Å²) in [6, 6.07) is 7.93. The molecule has 2 aromatic carbocycles. The third-order valence-electron chi connectivity index (χ3n) is 2.92. The van der Waals surface area contributed by atoms with E-state index in [1.807, 2.05) is 0 Å². The Bertz CT molecular complexity index is 747. The lowest BCUT2D eigenvalue weighted by molar-refractivity contribution is -0.275. The summed E-state index contributed by atoms with van der Waals surface area (Å²) in [5.74, 6) is -1.72. The van der Waals surface area contributed by atoms with Gasteiger partial charge in [0.05, 0.1) is 12.7 Å². The minimum atomic E-state index is -4.98. The van der Waals surface area contributed by atoms with Gasteiger partial charge in [0.1, 0.15) is 0 Å². The molecule has 0 aromatic heterocycles. The van der Waals surface area contributed by atoms with Gasteiger partial charge in [0.2, 0.25) is 0 Å². The summed E-state index contributed by atoms with van der Waals surface area (Å²) in [4.78, 5) is 12.6. The molecule has 0 radical (unpaired) electrons. The maximum absolute atomic E-state index is 12.6. The first-order valence-electron chi connectivity index (χ1n) is 6.25. The van der Waals surface area contributed by atoms with Gasteiger partial charge in [-0.3, -0.25) is 4.79 Å². The van der Waals surface area contributed by atoms with E-state index in [1.165, 1.54) is 43.5 Å². The zero-order valence-electron chi connectivity index (χ0n) is 11.8. The Balaban J connectivity index is 2.58. The van der Waals surface area contributed by atoms with E-state index in [-0.39, 0.29) is 27.6 Å². The molecule has 0 aliphatic carbocycles. The van der Waals surface area contributed by atoms with E-state index in [1.54, 1.807) is 0 Å². The zero-order valence-corrected chi connectivity index (χ0v) is 12.5. The Kier molecular flexibility index (Phi) is 4.70. The summed E-state index contributed by atoms with van der Waals surface area (Å²) in [5, 5.41) is 0.226. The van der Waals surface area contributed by atoms with E-state index in [4.69, 9.17) is 22.1 Å². The fraction of sp³-hybridized carbons (Fsp3) is 0.133. The standard InChI is InChI=1S/C15H11ClF3NO3/c1-22-12-4-2-3-9(14(12)23-15(17,18)19)13(21)10-7-8(16)5-6-11(10)20/h2-7H,20H2,1H3. The van der Waals surface area contributed by atoms with Crippen molar-refractivity contribution in [1.82, 2.24) is 0 Å². The first-order chi connectivity index (χ1) is 10.7. The maximum atomic E-state index is 12.6. The second kappa shape index (κ2) is 6.37. The SMILES string of the molecule is COc1cccc(C(=O)c2cc(Cl)ccc2N)c1OC(F)(F)F. The highest BCUT2D eigenvalue weighted by Gasteiger charge is 2.35. The highest BCUT2D eigenvalue weighted by atomic mass is 35.5. The molecule has 0 amide bonds. The largest absolute Gasteiger partial charge is 0.573 e. The van der Waals surface area contributed by atoms with Crippen LogP contribution in [0.4, 0.5) is 18.9 Å². The molecule has 0 unspecified atom stereocenters. The number of hydrogen-bond donors (Lipinski definition) is 1. The molecular weight excluding hydrogens is 335 g/mol. The van der Waals surface area contributed by atoms with E-state index in [0.29, 0.717) is 0 Å². The molecule has 2 rings (SSSR count). The monoisotopic (exact) mass is 345 g/mol. The molecule has 0 saturated carbocycles. The Morgan fingerprint density at radius 3 is 2.48 bits per heavy atom. The number of ketones is 1. The van der Waals surface area contributed by atoms with Gasteiger partial charge in [-0.15, -0.1) is 13.2 Å². The highest BCUT2D eigenvalue weighted by Crippen LogP contribution is 2.37. The molecule has 0 heterocycles. The molecule has 0 fully saturated rings. The van der Waals surface area contributed by atoms with Crippen LogP contribution in [0.25, 0.3) is 0 Å². The molecule has 122 valence electrons. The quantitative estimate of drug-likeness (QED) is 0.670. The number of hydrogen-bond acceptors (Lipinski definition) is 4. The lowest BCUT2D eigenvalue weighted by atomic mass is 10.0. The summed E-state index contributed by atoms with van der Waals surface area (Å²) in [6.07, 6.45) is -4.98. The lowest BCUT2D eigenvalue weighted by Gasteiger charge is -2.16. The number of alkyl halides is 3. The topological polar surface area (TPSA) is 61.5 Å². The van der Waals surface area contributed by atoms with E-state index in [2.05, 4.69) is 4.74 Å². The zero-order chi connectivity index (χ0) is 17.2. The van der Waals surface area contributed by atoms with E-state index in [9.17, 15) is 18.0 Å². The van der Waals surface area contributed by atoms with Crippen molar-refractivity contribution in [3.05, 3.63) is 52.5 Å². The number of benzene rings is 2. The molecule has 0 aliphatic rings. The number of methoxy groups -OCH3 is 1. The molecule has 0 atom stereocenters. The van der Waals surface area contributed by atoms with Gasteiger partial charge in [0.15, 0.2) is 17.3 Å². The number of nitrogen functional groups attached to an aromatic ring is 1. The fourth-order valence-electron chi connectivity index (χ4n) is 1.95. The average molecular weight is 346 g/mol. The predicted molar refractivity (Wildman–Crippen MR) is 79.0 cm³/mol. The van der Waals surface area contributed by atoms with E-state index in [0.717, 1.165) is 0 Å². The van der Waals surface area contributed by atoms with Crippen LogP contribution in [0.3, 0.4) is 0 Å². The van der Waals surface area contributed by atoms with Gasteiger partial charge in [-0.1, -0.05) is 17.7 Å². The second-order valence-electron chi connectivity index (χ2n) is 4.45. The number of anilines is 1. The van der Waals surface area contributed by atoms with Gasteiger partial charge in [-0.25, -0.2) is 0 Å². The van der Waals surface area contributed by atoms with Crippen LogP contribution in [0.1, 0.15) is 15.9 Å². The van der Waals surface area contributed by atoms with Crippen LogP contribution >= 0.6 is 11.6 Å². The average Bonchev–Trinajstić information content (AvgIpc) is 2.47. The number of nitrogens with two attached hydrogens (primary N) is 1. The van der Waals surface area contributed by atoms with Crippen LogP contribution in [-0.4, -0.2) is 19.3 Å². The normalized spacial score (nSPS) is 11.2. The van der Waals surface area contributed by atoms with Gasteiger partial charge in [0.25, 0.3) is 0 Å². The third-order valence-corrected chi connectivity index (χ3v) is 3.16. The van der Waals surface area contributed by atoms with E-state index >= 15 is 0 Å². The minimum absolute atomic E-state index is 0.0298. The molecule has 4 nitrogen and oxygen atoms in total. The van der Waals surface area contributed by atoms with Gasteiger partial charge in [-0.05, 0) is 30.3 Å². The lowest BCUT2D eigenvalue weighted by Crippen LogP contribution is -2.20.